The molecule has 12 heavy (non-hydrogen) atoms. The normalized spacial score (nSPS) is 28.2. The van der Waals surface area contributed by atoms with Crippen molar-refractivity contribution >= 4 is 11.8 Å². The zero-order valence-electron chi connectivity index (χ0n) is 7.92. The van der Waals surface area contributed by atoms with Crippen LogP contribution in [0.5, 0.6) is 0 Å². The van der Waals surface area contributed by atoms with Crippen molar-refractivity contribution in [2.75, 3.05) is 6.61 Å². The standard InChI is InChI=1S/C10H16OS/c1-8(2)9-4-5-10(3,12-9)6-7-11/h4-5,11H,6-7H2,1-3H3. The third-order valence-electron chi connectivity index (χ3n) is 2.03. The Morgan fingerprint density at radius 3 is 2.67 bits per heavy atom. The lowest BCUT2D eigenvalue weighted by Gasteiger charge is -2.19. The fourth-order valence-electron chi connectivity index (χ4n) is 1.20. The Labute approximate surface area is 78.6 Å². The Morgan fingerprint density at radius 1 is 1.58 bits per heavy atom. The summed E-state index contributed by atoms with van der Waals surface area (Å²) in [7, 11) is 0. The molecule has 1 nitrogen and oxygen atoms in total. The molecule has 1 heterocycles. The highest BCUT2D eigenvalue weighted by Crippen LogP contribution is 2.43. The van der Waals surface area contributed by atoms with Crippen molar-refractivity contribution in [3.05, 3.63) is 22.6 Å². The van der Waals surface area contributed by atoms with Crippen LogP contribution < -0.4 is 0 Å². The smallest absolute Gasteiger partial charge is 0.0447 e. The number of aliphatic hydroxyl groups is 1. The Hall–Kier alpha value is -0.210. The van der Waals surface area contributed by atoms with Gasteiger partial charge in [0.15, 0.2) is 0 Å². The van der Waals surface area contributed by atoms with Crippen LogP contribution in [0.3, 0.4) is 0 Å². The van der Waals surface area contributed by atoms with Gasteiger partial charge in [0, 0.05) is 16.3 Å². The summed E-state index contributed by atoms with van der Waals surface area (Å²) in [5.74, 6) is 0. The van der Waals surface area contributed by atoms with Gasteiger partial charge in [0.25, 0.3) is 0 Å². The average Bonchev–Trinajstić information content (AvgIpc) is 2.33. The molecule has 0 saturated heterocycles. The summed E-state index contributed by atoms with van der Waals surface area (Å²) >= 11 is 1.85. The second-order valence-electron chi connectivity index (χ2n) is 3.59. The van der Waals surface area contributed by atoms with E-state index in [1.807, 2.05) is 11.8 Å². The van der Waals surface area contributed by atoms with Crippen LogP contribution in [0.2, 0.25) is 0 Å². The van der Waals surface area contributed by atoms with Crippen molar-refractivity contribution in [3.8, 4) is 0 Å². The molecule has 2 heteroatoms. The molecule has 1 rings (SSSR count). The molecule has 0 saturated carbocycles. The first-order chi connectivity index (χ1) is 5.57. The summed E-state index contributed by atoms with van der Waals surface area (Å²) in [4.78, 5) is 1.35. The van der Waals surface area contributed by atoms with Gasteiger partial charge in [0.2, 0.25) is 0 Å². The molecule has 0 spiro atoms. The van der Waals surface area contributed by atoms with E-state index in [1.54, 1.807) is 0 Å². The van der Waals surface area contributed by atoms with Gasteiger partial charge in [-0.1, -0.05) is 17.7 Å². The Bertz CT molecular complexity index is 226. The lowest BCUT2D eigenvalue weighted by molar-refractivity contribution is 0.280. The number of hydrogen-bond acceptors (Lipinski definition) is 2. The molecule has 1 aliphatic heterocycles. The van der Waals surface area contributed by atoms with Crippen LogP contribution in [-0.2, 0) is 0 Å². The van der Waals surface area contributed by atoms with E-state index >= 15 is 0 Å². The highest BCUT2D eigenvalue weighted by Gasteiger charge is 2.27. The van der Waals surface area contributed by atoms with Crippen LogP contribution in [0, 0.1) is 0 Å². The van der Waals surface area contributed by atoms with Crippen molar-refractivity contribution in [1.29, 1.82) is 0 Å². The second-order valence-corrected chi connectivity index (χ2v) is 5.16. The van der Waals surface area contributed by atoms with Gasteiger partial charge in [-0.3, -0.25) is 0 Å². The van der Waals surface area contributed by atoms with Gasteiger partial charge in [-0.2, -0.15) is 0 Å². The molecule has 1 unspecified atom stereocenters. The van der Waals surface area contributed by atoms with Crippen LogP contribution in [0.4, 0.5) is 0 Å². The predicted molar refractivity (Wildman–Crippen MR) is 55.2 cm³/mol. The van der Waals surface area contributed by atoms with E-state index in [9.17, 15) is 0 Å². The van der Waals surface area contributed by atoms with Crippen LogP contribution in [0.25, 0.3) is 0 Å². The average molecular weight is 184 g/mol. The Balaban J connectivity index is 2.69. The monoisotopic (exact) mass is 184 g/mol. The molecule has 1 atom stereocenters. The molecule has 0 aliphatic carbocycles. The predicted octanol–water partition coefficient (Wildman–Crippen LogP) is 2.72. The zero-order valence-corrected chi connectivity index (χ0v) is 8.74. The molecular weight excluding hydrogens is 168 g/mol. The lowest BCUT2D eigenvalue weighted by Crippen LogP contribution is -2.15. The van der Waals surface area contributed by atoms with Gasteiger partial charge in [-0.05, 0) is 27.2 Å². The molecule has 68 valence electrons. The number of hydrogen-bond donors (Lipinski definition) is 1. The van der Waals surface area contributed by atoms with Crippen LogP contribution in [-0.4, -0.2) is 16.5 Å². The molecule has 0 aromatic rings. The van der Waals surface area contributed by atoms with Crippen molar-refractivity contribution < 1.29 is 5.11 Å². The summed E-state index contributed by atoms with van der Waals surface area (Å²) in [6.45, 7) is 6.68. The van der Waals surface area contributed by atoms with Gasteiger partial charge in [-0.25, -0.2) is 0 Å². The highest BCUT2D eigenvalue weighted by molar-refractivity contribution is 8.05. The molecule has 0 fully saturated rings. The Morgan fingerprint density at radius 2 is 2.25 bits per heavy atom. The first-order valence-electron chi connectivity index (χ1n) is 4.24. The van der Waals surface area contributed by atoms with Crippen LogP contribution in [0.1, 0.15) is 27.2 Å². The van der Waals surface area contributed by atoms with E-state index in [4.69, 9.17) is 5.11 Å². The largest absolute Gasteiger partial charge is 0.396 e. The minimum absolute atomic E-state index is 0.126. The Kier molecular flexibility index (Phi) is 3.02. The third-order valence-corrected chi connectivity index (χ3v) is 3.60. The second kappa shape index (κ2) is 3.67. The fraction of sp³-hybridized carbons (Fsp3) is 0.600. The number of allylic oxidation sites excluding steroid dienone is 2. The van der Waals surface area contributed by atoms with Crippen molar-refractivity contribution in [1.82, 2.24) is 0 Å². The van der Waals surface area contributed by atoms with Crippen LogP contribution in [0.15, 0.2) is 22.6 Å². The van der Waals surface area contributed by atoms with Gasteiger partial charge < -0.3 is 5.11 Å². The summed E-state index contributed by atoms with van der Waals surface area (Å²) in [6, 6.07) is 0. The lowest BCUT2D eigenvalue weighted by atomic mass is 10.1. The molecule has 1 N–H and O–H groups in total. The van der Waals surface area contributed by atoms with E-state index < -0.39 is 0 Å². The molecule has 0 bridgehead atoms. The summed E-state index contributed by atoms with van der Waals surface area (Å²) < 4.78 is 0.126. The maximum Gasteiger partial charge on any atom is 0.0447 e. The molecule has 1 aliphatic rings. The van der Waals surface area contributed by atoms with Crippen molar-refractivity contribution in [2.24, 2.45) is 0 Å². The van der Waals surface area contributed by atoms with Crippen molar-refractivity contribution in [3.63, 3.8) is 0 Å². The zero-order chi connectivity index (χ0) is 9.19. The SMILES string of the molecule is CC(C)=C1C=CC(C)(CCO)S1. The first kappa shape index (κ1) is 9.87. The third kappa shape index (κ3) is 2.14. The summed E-state index contributed by atoms with van der Waals surface area (Å²) in [5, 5.41) is 8.85. The molecule has 0 aromatic heterocycles. The molecule has 0 radical (unpaired) electrons. The molecule has 0 aromatic carbocycles. The minimum atomic E-state index is 0.126. The maximum atomic E-state index is 8.85. The van der Waals surface area contributed by atoms with Crippen molar-refractivity contribution in [2.45, 2.75) is 31.9 Å². The van der Waals surface area contributed by atoms with Gasteiger partial charge in [0.05, 0.1) is 0 Å². The minimum Gasteiger partial charge on any atom is -0.396 e. The van der Waals surface area contributed by atoms with Gasteiger partial charge >= 0.3 is 0 Å². The number of aliphatic hydroxyl groups excluding tert-OH is 1. The van der Waals surface area contributed by atoms with E-state index in [0.717, 1.165) is 6.42 Å². The van der Waals surface area contributed by atoms with Gasteiger partial charge in [0.1, 0.15) is 0 Å². The summed E-state index contributed by atoms with van der Waals surface area (Å²) in [6.07, 6.45) is 5.19. The fourth-order valence-corrected chi connectivity index (χ4v) is 2.37. The van der Waals surface area contributed by atoms with Gasteiger partial charge in [-0.15, -0.1) is 11.8 Å². The van der Waals surface area contributed by atoms with E-state index in [2.05, 4.69) is 32.9 Å². The van der Waals surface area contributed by atoms with E-state index in [-0.39, 0.29) is 11.4 Å². The number of thioether (sulfide) groups is 1. The molecule has 0 amide bonds. The molecular formula is C10H16OS. The van der Waals surface area contributed by atoms with Crippen LogP contribution >= 0.6 is 11.8 Å². The van der Waals surface area contributed by atoms with E-state index in [0.29, 0.717) is 0 Å². The number of rotatable bonds is 2. The summed E-state index contributed by atoms with van der Waals surface area (Å²) in [5.41, 5.74) is 1.36. The van der Waals surface area contributed by atoms with E-state index in [1.165, 1.54) is 10.5 Å². The topological polar surface area (TPSA) is 20.2 Å². The highest BCUT2D eigenvalue weighted by atomic mass is 32.2. The maximum absolute atomic E-state index is 8.85. The quantitative estimate of drug-likeness (QED) is 0.712. The first-order valence-corrected chi connectivity index (χ1v) is 5.06.